The molecule has 3 atom stereocenters. The van der Waals surface area contributed by atoms with Gasteiger partial charge in [-0.1, -0.05) is 66.7 Å². The van der Waals surface area contributed by atoms with Crippen LogP contribution in [0, 0.1) is 0 Å². The minimum absolute atomic E-state index is 0.131. The van der Waals surface area contributed by atoms with Gasteiger partial charge in [0.25, 0.3) is 0 Å². The molecule has 0 saturated carbocycles. The molecule has 2 aliphatic heterocycles. The average molecular weight is 495 g/mol. The molecule has 2 fully saturated rings. The van der Waals surface area contributed by atoms with Crippen molar-refractivity contribution in [2.24, 2.45) is 0 Å². The Morgan fingerprint density at radius 1 is 1.15 bits per heavy atom. The Morgan fingerprint density at radius 2 is 1.76 bits per heavy atom. The Kier molecular flexibility index (Phi) is 5.61. The molecule has 1 aromatic heterocycles. The van der Waals surface area contributed by atoms with Crippen molar-refractivity contribution in [1.82, 2.24) is 9.88 Å². The van der Waals surface area contributed by atoms with Crippen molar-refractivity contribution in [1.29, 1.82) is 0 Å². The number of hydrogen-bond donors (Lipinski definition) is 0. The molecule has 0 aliphatic carbocycles. The molecule has 2 saturated heterocycles. The van der Waals surface area contributed by atoms with E-state index in [0.29, 0.717) is 5.01 Å². The van der Waals surface area contributed by atoms with E-state index in [1.54, 1.807) is 17.7 Å². The number of thiazole rings is 1. The molecule has 0 spiro atoms. The van der Waals surface area contributed by atoms with Gasteiger partial charge in [0.15, 0.2) is 22.0 Å². The molecule has 34 heavy (non-hydrogen) atoms. The first-order chi connectivity index (χ1) is 16.3. The van der Waals surface area contributed by atoms with Crippen molar-refractivity contribution in [3.05, 3.63) is 94.5 Å². The lowest BCUT2D eigenvalue weighted by Gasteiger charge is -2.36. The molecule has 9 heteroatoms. The number of benzene rings is 2. The van der Waals surface area contributed by atoms with Crippen LogP contribution in [0.15, 0.2) is 78.3 Å². The van der Waals surface area contributed by atoms with E-state index >= 15 is 0 Å². The molecule has 5 rings (SSSR count). The van der Waals surface area contributed by atoms with E-state index in [9.17, 15) is 18.0 Å². The number of rotatable bonds is 6. The van der Waals surface area contributed by atoms with Crippen LogP contribution in [0.2, 0.25) is 0 Å². The lowest BCUT2D eigenvalue weighted by atomic mass is 9.95. The summed E-state index contributed by atoms with van der Waals surface area (Å²) in [5, 5.41) is 1.35. The van der Waals surface area contributed by atoms with Gasteiger partial charge in [0, 0.05) is 11.6 Å². The maximum atomic E-state index is 13.7. The topological polar surface area (TPSA) is 93.6 Å². The van der Waals surface area contributed by atoms with Crippen LogP contribution < -0.4 is 0 Å². The summed E-state index contributed by atoms with van der Waals surface area (Å²) in [6.45, 7) is 1.48. The molecule has 0 bridgehead atoms. The van der Waals surface area contributed by atoms with Gasteiger partial charge < -0.3 is 9.64 Å². The van der Waals surface area contributed by atoms with Crippen molar-refractivity contribution in [2.75, 3.05) is 0 Å². The molecule has 3 heterocycles. The predicted octanol–water partition coefficient (Wildman–Crippen LogP) is 3.60. The van der Waals surface area contributed by atoms with Crippen molar-refractivity contribution >= 4 is 39.1 Å². The van der Waals surface area contributed by atoms with Crippen molar-refractivity contribution in [3.8, 4) is 0 Å². The van der Waals surface area contributed by atoms with Gasteiger partial charge in [0.2, 0.25) is 5.91 Å². The van der Waals surface area contributed by atoms with Crippen LogP contribution in [0.5, 0.6) is 0 Å². The zero-order valence-corrected chi connectivity index (χ0v) is 19.9. The van der Waals surface area contributed by atoms with Gasteiger partial charge in [0.05, 0.1) is 6.42 Å². The Morgan fingerprint density at radius 3 is 2.29 bits per heavy atom. The van der Waals surface area contributed by atoms with Crippen molar-refractivity contribution < 1.29 is 22.7 Å². The van der Waals surface area contributed by atoms with E-state index in [4.69, 9.17) is 4.74 Å². The van der Waals surface area contributed by atoms with Gasteiger partial charge in [-0.15, -0.1) is 11.3 Å². The largest absolute Gasteiger partial charge is 0.451 e. The third kappa shape index (κ3) is 3.56. The second-order valence-electron chi connectivity index (χ2n) is 8.43. The molecule has 2 aromatic carbocycles. The van der Waals surface area contributed by atoms with Gasteiger partial charge in [-0.3, -0.25) is 4.79 Å². The van der Waals surface area contributed by atoms with Crippen LogP contribution in [0.3, 0.4) is 0 Å². The fourth-order valence-corrected chi connectivity index (χ4v) is 7.34. The average Bonchev–Trinajstić information content (AvgIpc) is 3.41. The van der Waals surface area contributed by atoms with E-state index in [0.717, 1.165) is 16.0 Å². The van der Waals surface area contributed by atoms with Crippen LogP contribution >= 0.6 is 11.3 Å². The van der Waals surface area contributed by atoms with Crippen LogP contribution in [0.25, 0.3) is 6.08 Å². The van der Waals surface area contributed by atoms with Crippen LogP contribution in [-0.4, -0.2) is 46.3 Å². The van der Waals surface area contributed by atoms with E-state index in [-0.39, 0.29) is 12.3 Å². The molecule has 0 N–H and O–H groups in total. The molecule has 2 aliphatic rings. The number of ether oxygens (including phenoxy) is 1. The molecule has 1 amide bonds. The molecular weight excluding hydrogens is 472 g/mol. The summed E-state index contributed by atoms with van der Waals surface area (Å²) in [4.78, 5) is 31.5. The first-order valence-electron chi connectivity index (χ1n) is 10.8. The lowest BCUT2D eigenvalue weighted by molar-refractivity contribution is -0.163. The standard InChI is InChI=1S/C25H22N2O5S2/c1-25(13-12-19-26-14-15-33-19)23(27-20(28)16-21(27)34(25,30)31)24(29)32-22(17-8-4-2-5-9-17)18-10-6-3-7-11-18/h2-15,21-23H,16H2,1H3/b13-12-/t21-,23+,25+/m1/s1. The third-order valence-corrected chi connectivity index (χ3v) is 9.85. The Balaban J connectivity index is 1.54. The Labute approximate surface area is 201 Å². The Bertz CT molecular complexity index is 1300. The summed E-state index contributed by atoms with van der Waals surface area (Å²) >= 11 is 1.35. The summed E-state index contributed by atoms with van der Waals surface area (Å²) in [5.74, 6) is -1.14. The van der Waals surface area contributed by atoms with Crippen molar-refractivity contribution in [3.63, 3.8) is 0 Å². The predicted molar refractivity (Wildman–Crippen MR) is 128 cm³/mol. The van der Waals surface area contributed by atoms with E-state index in [2.05, 4.69) is 4.98 Å². The zero-order chi connectivity index (χ0) is 23.9. The number of esters is 1. The number of amides is 1. The molecule has 174 valence electrons. The number of β-lactam (4-membered cyclic amide) rings is 1. The molecule has 0 unspecified atom stereocenters. The van der Waals surface area contributed by atoms with Gasteiger partial charge in [0.1, 0.15) is 15.1 Å². The highest BCUT2D eigenvalue weighted by molar-refractivity contribution is 7.94. The maximum absolute atomic E-state index is 13.7. The van der Waals surface area contributed by atoms with Crippen LogP contribution in [-0.2, 0) is 24.2 Å². The minimum atomic E-state index is -3.88. The zero-order valence-electron chi connectivity index (χ0n) is 18.3. The normalized spacial score (nSPS) is 25.4. The first-order valence-corrected chi connectivity index (χ1v) is 13.2. The summed E-state index contributed by atoms with van der Waals surface area (Å²) in [6, 6.07) is 17.2. The highest BCUT2D eigenvalue weighted by Crippen LogP contribution is 2.48. The quantitative estimate of drug-likeness (QED) is 0.384. The summed E-state index contributed by atoms with van der Waals surface area (Å²) in [6.07, 6.45) is 3.79. The van der Waals surface area contributed by atoms with Crippen LogP contribution in [0.1, 0.15) is 35.6 Å². The minimum Gasteiger partial charge on any atom is -0.451 e. The smallest absolute Gasteiger partial charge is 0.331 e. The summed E-state index contributed by atoms with van der Waals surface area (Å²) in [5.41, 5.74) is 1.49. The van der Waals surface area contributed by atoms with Gasteiger partial charge in [-0.2, -0.15) is 0 Å². The molecule has 0 radical (unpaired) electrons. The van der Waals surface area contributed by atoms with E-state index in [1.165, 1.54) is 24.3 Å². The fraction of sp³-hybridized carbons (Fsp3) is 0.240. The number of sulfone groups is 1. The van der Waals surface area contributed by atoms with Gasteiger partial charge in [-0.05, 0) is 24.1 Å². The van der Waals surface area contributed by atoms with Crippen molar-refractivity contribution in [2.45, 2.75) is 35.6 Å². The highest BCUT2D eigenvalue weighted by atomic mass is 32.2. The number of carbonyl (C=O) groups is 2. The van der Waals surface area contributed by atoms with E-state index < -0.39 is 38.1 Å². The van der Waals surface area contributed by atoms with Crippen LogP contribution in [0.4, 0.5) is 0 Å². The van der Waals surface area contributed by atoms with E-state index in [1.807, 2.05) is 60.7 Å². The first kappa shape index (κ1) is 22.5. The Hall–Kier alpha value is -3.30. The number of carbonyl (C=O) groups excluding carboxylic acids is 2. The third-order valence-electron chi connectivity index (χ3n) is 6.41. The van der Waals surface area contributed by atoms with Gasteiger partial charge in [-0.25, -0.2) is 18.2 Å². The monoisotopic (exact) mass is 494 g/mol. The maximum Gasteiger partial charge on any atom is 0.331 e. The number of hydrogen-bond acceptors (Lipinski definition) is 7. The molecular formula is C25H22N2O5S2. The summed E-state index contributed by atoms with van der Waals surface area (Å²) < 4.78 is 31.2. The molecule has 3 aromatic rings. The summed E-state index contributed by atoms with van der Waals surface area (Å²) in [7, 11) is -3.88. The lowest BCUT2D eigenvalue weighted by Crippen LogP contribution is -2.57. The second-order valence-corrected chi connectivity index (χ2v) is 11.9. The van der Waals surface area contributed by atoms with Gasteiger partial charge >= 0.3 is 5.97 Å². The second kappa shape index (κ2) is 8.48. The fourth-order valence-electron chi connectivity index (χ4n) is 4.55. The SMILES string of the molecule is C[C@]1(/C=C\c2nccs2)[C@H](C(=O)OC(c2ccccc2)c2ccccc2)N2C(=O)C[C@H]2S1(=O)=O. The number of nitrogens with zero attached hydrogens (tertiary/aromatic N) is 2. The number of aromatic nitrogens is 1. The molecule has 7 nitrogen and oxygen atoms in total. The highest BCUT2D eigenvalue weighted by Gasteiger charge is 2.69. The number of fused-ring (bicyclic) bond motifs is 1.